The lowest BCUT2D eigenvalue weighted by atomic mass is 10.2. The van der Waals surface area contributed by atoms with Gasteiger partial charge in [-0.15, -0.1) is 0 Å². The molecule has 0 aliphatic carbocycles. The van der Waals surface area contributed by atoms with Gasteiger partial charge >= 0.3 is 0 Å². The Morgan fingerprint density at radius 3 is 2.32 bits per heavy atom. The molecule has 0 radical (unpaired) electrons. The first kappa shape index (κ1) is 12.8. The Kier molecular flexibility index (Phi) is 3.87. The molecule has 0 atom stereocenters. The molecule has 1 aromatic carbocycles. The summed E-state index contributed by atoms with van der Waals surface area (Å²) in [6, 6.07) is 10.1. The minimum Gasteiger partial charge on any atom is -0.497 e. The van der Waals surface area contributed by atoms with Crippen molar-refractivity contribution in [2.75, 3.05) is 7.11 Å². The maximum Gasteiger partial charge on any atom is 0.278 e. The fourth-order valence-electron chi connectivity index (χ4n) is 1.49. The number of nitrogens with zero attached hydrogens (tertiary/aromatic N) is 2. The number of amides is 1. The van der Waals surface area contributed by atoms with E-state index in [-0.39, 0.29) is 5.84 Å². The predicted octanol–water partition coefficient (Wildman–Crippen LogP) is 1.64. The lowest BCUT2D eigenvalue weighted by Gasteiger charge is -2.01. The van der Waals surface area contributed by atoms with Crippen LogP contribution < -0.4 is 10.5 Å². The first-order chi connectivity index (χ1) is 9.20. The zero-order chi connectivity index (χ0) is 13.7. The van der Waals surface area contributed by atoms with Gasteiger partial charge in [-0.3, -0.25) is 9.78 Å². The van der Waals surface area contributed by atoms with E-state index >= 15 is 0 Å². The highest BCUT2D eigenvalue weighted by Crippen LogP contribution is 2.12. The largest absolute Gasteiger partial charge is 0.497 e. The van der Waals surface area contributed by atoms with E-state index in [1.165, 1.54) is 0 Å². The second-order valence-corrected chi connectivity index (χ2v) is 3.77. The van der Waals surface area contributed by atoms with Gasteiger partial charge in [-0.05, 0) is 36.4 Å². The molecule has 19 heavy (non-hydrogen) atoms. The van der Waals surface area contributed by atoms with Gasteiger partial charge in [-0.25, -0.2) is 0 Å². The van der Waals surface area contributed by atoms with Gasteiger partial charge in [-0.1, -0.05) is 0 Å². The minimum absolute atomic E-state index is 0.170. The van der Waals surface area contributed by atoms with Crippen molar-refractivity contribution in [2.45, 2.75) is 0 Å². The van der Waals surface area contributed by atoms with E-state index in [0.29, 0.717) is 16.9 Å². The van der Waals surface area contributed by atoms with E-state index in [9.17, 15) is 4.79 Å². The molecule has 0 saturated carbocycles. The van der Waals surface area contributed by atoms with Gasteiger partial charge in [-0.2, -0.15) is 4.99 Å². The third kappa shape index (κ3) is 3.16. The van der Waals surface area contributed by atoms with Gasteiger partial charge in [0.25, 0.3) is 5.91 Å². The Balaban J connectivity index is 2.20. The molecule has 0 bridgehead atoms. The monoisotopic (exact) mass is 255 g/mol. The van der Waals surface area contributed by atoms with Gasteiger partial charge in [0, 0.05) is 23.5 Å². The van der Waals surface area contributed by atoms with Crippen LogP contribution in [0.1, 0.15) is 15.9 Å². The highest BCUT2D eigenvalue weighted by molar-refractivity contribution is 6.08. The molecule has 5 nitrogen and oxygen atoms in total. The van der Waals surface area contributed by atoms with Crippen LogP contribution in [0, 0.1) is 0 Å². The van der Waals surface area contributed by atoms with Crippen molar-refractivity contribution in [1.29, 1.82) is 0 Å². The highest BCUT2D eigenvalue weighted by atomic mass is 16.5. The van der Waals surface area contributed by atoms with Crippen LogP contribution in [0.3, 0.4) is 0 Å². The van der Waals surface area contributed by atoms with Gasteiger partial charge in [0.15, 0.2) is 0 Å². The quantitative estimate of drug-likeness (QED) is 0.668. The van der Waals surface area contributed by atoms with E-state index < -0.39 is 5.91 Å². The number of amidine groups is 1. The van der Waals surface area contributed by atoms with Crippen LogP contribution in [0.4, 0.5) is 0 Å². The van der Waals surface area contributed by atoms with E-state index in [0.717, 1.165) is 0 Å². The van der Waals surface area contributed by atoms with Gasteiger partial charge in [0.05, 0.1) is 7.11 Å². The van der Waals surface area contributed by atoms with E-state index in [2.05, 4.69) is 9.98 Å². The van der Waals surface area contributed by atoms with Gasteiger partial charge < -0.3 is 10.5 Å². The van der Waals surface area contributed by atoms with Crippen molar-refractivity contribution >= 4 is 11.7 Å². The van der Waals surface area contributed by atoms with Gasteiger partial charge in [0.1, 0.15) is 11.6 Å². The van der Waals surface area contributed by atoms with Crippen LogP contribution in [-0.2, 0) is 0 Å². The number of hydrogen-bond acceptors (Lipinski definition) is 3. The summed E-state index contributed by atoms with van der Waals surface area (Å²) in [5, 5.41) is 0. The Hall–Kier alpha value is -2.69. The van der Waals surface area contributed by atoms with E-state index in [4.69, 9.17) is 10.5 Å². The van der Waals surface area contributed by atoms with E-state index in [1.54, 1.807) is 55.9 Å². The summed E-state index contributed by atoms with van der Waals surface area (Å²) in [6.45, 7) is 0. The van der Waals surface area contributed by atoms with Gasteiger partial charge in [0.2, 0.25) is 0 Å². The lowest BCUT2D eigenvalue weighted by molar-refractivity contribution is 0.100. The minimum atomic E-state index is -0.392. The van der Waals surface area contributed by atoms with Crippen molar-refractivity contribution in [3.05, 3.63) is 59.9 Å². The number of hydrogen-bond donors (Lipinski definition) is 1. The zero-order valence-corrected chi connectivity index (χ0v) is 10.4. The molecule has 1 amide bonds. The third-order valence-electron chi connectivity index (χ3n) is 2.54. The third-order valence-corrected chi connectivity index (χ3v) is 2.54. The maximum absolute atomic E-state index is 11.9. The standard InChI is InChI=1S/C14H13N3O2/c1-19-12-4-2-11(3-5-12)14(18)17-13(15)10-6-8-16-9-7-10/h2-9H,1H3,(H2,15,17,18). The molecule has 1 aromatic heterocycles. The number of carbonyl (C=O) groups excluding carboxylic acids is 1. The second kappa shape index (κ2) is 5.77. The Morgan fingerprint density at radius 2 is 1.74 bits per heavy atom. The Bertz CT molecular complexity index is 592. The summed E-state index contributed by atoms with van der Waals surface area (Å²) < 4.78 is 5.02. The molecule has 0 aliphatic rings. The maximum atomic E-state index is 11.9. The van der Waals surface area contributed by atoms with Crippen molar-refractivity contribution in [3.8, 4) is 5.75 Å². The molecule has 1 heterocycles. The summed E-state index contributed by atoms with van der Waals surface area (Å²) in [7, 11) is 1.57. The molecule has 2 rings (SSSR count). The number of aromatic nitrogens is 1. The fourth-order valence-corrected chi connectivity index (χ4v) is 1.49. The van der Waals surface area contributed by atoms with Crippen molar-refractivity contribution < 1.29 is 9.53 Å². The molecule has 0 spiro atoms. The summed E-state index contributed by atoms with van der Waals surface area (Å²) >= 11 is 0. The smallest absolute Gasteiger partial charge is 0.278 e. The molecule has 0 fully saturated rings. The number of benzene rings is 1. The topological polar surface area (TPSA) is 77.6 Å². The SMILES string of the molecule is COc1ccc(C(=O)N=C(N)c2ccncc2)cc1. The molecule has 0 aliphatic heterocycles. The molecule has 0 unspecified atom stereocenters. The molecule has 96 valence electrons. The number of ether oxygens (including phenoxy) is 1. The average molecular weight is 255 g/mol. The van der Waals surface area contributed by atoms with Crippen LogP contribution >= 0.6 is 0 Å². The van der Waals surface area contributed by atoms with Crippen LogP contribution in [-0.4, -0.2) is 23.8 Å². The molecular formula is C14H13N3O2. The summed E-state index contributed by atoms with van der Waals surface area (Å²) in [4.78, 5) is 19.6. The Morgan fingerprint density at radius 1 is 1.11 bits per heavy atom. The average Bonchev–Trinajstić information content (AvgIpc) is 2.48. The number of carbonyl (C=O) groups is 1. The van der Waals surface area contributed by atoms with Crippen LogP contribution in [0.2, 0.25) is 0 Å². The number of rotatable bonds is 3. The van der Waals surface area contributed by atoms with Crippen molar-refractivity contribution in [3.63, 3.8) is 0 Å². The predicted molar refractivity (Wildman–Crippen MR) is 72.3 cm³/mol. The van der Waals surface area contributed by atoms with Crippen LogP contribution in [0.25, 0.3) is 0 Å². The first-order valence-electron chi connectivity index (χ1n) is 5.63. The number of aliphatic imine (C=N–C) groups is 1. The molecular weight excluding hydrogens is 242 g/mol. The summed E-state index contributed by atoms with van der Waals surface area (Å²) in [5.74, 6) is 0.461. The normalized spacial score (nSPS) is 11.1. The first-order valence-corrected chi connectivity index (χ1v) is 5.63. The number of methoxy groups -OCH3 is 1. The molecule has 2 N–H and O–H groups in total. The summed E-state index contributed by atoms with van der Waals surface area (Å²) in [5.41, 5.74) is 6.89. The van der Waals surface area contributed by atoms with E-state index in [1.807, 2.05) is 0 Å². The number of nitrogens with two attached hydrogens (primary N) is 1. The zero-order valence-electron chi connectivity index (χ0n) is 10.4. The second-order valence-electron chi connectivity index (χ2n) is 3.77. The lowest BCUT2D eigenvalue weighted by Crippen LogP contribution is -2.15. The number of pyridine rings is 1. The van der Waals surface area contributed by atoms with Crippen molar-refractivity contribution in [2.24, 2.45) is 10.7 Å². The molecule has 5 heteroatoms. The Labute approximate surface area is 110 Å². The van der Waals surface area contributed by atoms with Crippen LogP contribution in [0.5, 0.6) is 5.75 Å². The van der Waals surface area contributed by atoms with Crippen LogP contribution in [0.15, 0.2) is 53.8 Å². The fraction of sp³-hybridized carbons (Fsp3) is 0.0714. The molecule has 2 aromatic rings. The molecule has 0 saturated heterocycles. The highest BCUT2D eigenvalue weighted by Gasteiger charge is 2.06. The summed E-state index contributed by atoms with van der Waals surface area (Å²) in [6.07, 6.45) is 3.19. The van der Waals surface area contributed by atoms with Crippen molar-refractivity contribution in [1.82, 2.24) is 4.98 Å².